The highest BCUT2D eigenvalue weighted by Gasteiger charge is 2.28. The minimum atomic E-state index is -0.288. The van der Waals surface area contributed by atoms with Crippen molar-refractivity contribution in [2.75, 3.05) is 37.7 Å². The molecule has 0 saturated carbocycles. The molecule has 3 aromatic rings. The molecule has 1 amide bonds. The first-order valence-corrected chi connectivity index (χ1v) is 11.5. The van der Waals surface area contributed by atoms with Crippen LogP contribution in [-0.4, -0.2) is 53.6 Å². The van der Waals surface area contributed by atoms with Crippen LogP contribution in [0.2, 0.25) is 0 Å². The van der Waals surface area contributed by atoms with Gasteiger partial charge in [0.05, 0.1) is 37.4 Å². The molecule has 0 unspecified atom stereocenters. The van der Waals surface area contributed by atoms with Crippen molar-refractivity contribution in [1.29, 1.82) is 0 Å². The minimum Gasteiger partial charge on any atom is -0.438 e. The highest BCUT2D eigenvalue weighted by Crippen LogP contribution is 2.32. The van der Waals surface area contributed by atoms with Crippen LogP contribution < -0.4 is 9.64 Å². The molecule has 2 aliphatic rings. The summed E-state index contributed by atoms with van der Waals surface area (Å²) in [5.41, 5.74) is 3.16. The van der Waals surface area contributed by atoms with E-state index in [1.54, 1.807) is 19.1 Å². The number of nitrogens with zero attached hydrogens (tertiary/aromatic N) is 4. The second-order valence-electron chi connectivity index (χ2n) is 8.59. The first kappa shape index (κ1) is 22.3. The van der Waals surface area contributed by atoms with E-state index in [9.17, 15) is 9.18 Å². The van der Waals surface area contributed by atoms with Gasteiger partial charge in [-0.2, -0.15) is 4.98 Å². The third-order valence-corrected chi connectivity index (χ3v) is 6.20. The van der Waals surface area contributed by atoms with Crippen LogP contribution in [0.3, 0.4) is 0 Å². The Morgan fingerprint density at radius 1 is 1.09 bits per heavy atom. The summed E-state index contributed by atoms with van der Waals surface area (Å²) >= 11 is 0. The van der Waals surface area contributed by atoms with Gasteiger partial charge >= 0.3 is 0 Å². The Balaban J connectivity index is 1.44. The molecule has 8 heteroatoms. The maximum Gasteiger partial charge on any atom is 0.229 e. The molecule has 0 spiro atoms. The summed E-state index contributed by atoms with van der Waals surface area (Å²) in [6, 6.07) is 14.4. The standard InChI is InChI=1S/C26H27FN4O3/c1-18-15-20(7-8-22(18)27)34-25-21-17-31(24(32)16-19-5-3-2-4-6-19)10-9-23(21)28-26(29-25)30-11-13-33-14-12-30/h2-8,15H,9-14,16-17H2,1H3. The van der Waals surface area contributed by atoms with Gasteiger partial charge in [0.2, 0.25) is 17.7 Å². The Morgan fingerprint density at radius 2 is 1.88 bits per heavy atom. The summed E-state index contributed by atoms with van der Waals surface area (Å²) in [5, 5.41) is 0. The van der Waals surface area contributed by atoms with Crippen LogP contribution in [-0.2, 0) is 28.9 Å². The molecule has 1 saturated heterocycles. The van der Waals surface area contributed by atoms with E-state index in [-0.39, 0.29) is 11.7 Å². The number of morpholine rings is 1. The summed E-state index contributed by atoms with van der Waals surface area (Å²) < 4.78 is 25.4. The summed E-state index contributed by atoms with van der Waals surface area (Å²) in [4.78, 5) is 26.5. The normalized spacial score (nSPS) is 15.7. The molecule has 34 heavy (non-hydrogen) atoms. The second kappa shape index (κ2) is 9.77. The lowest BCUT2D eigenvalue weighted by Crippen LogP contribution is -2.40. The van der Waals surface area contributed by atoms with Crippen LogP contribution >= 0.6 is 0 Å². The van der Waals surface area contributed by atoms with Crippen LogP contribution in [0, 0.1) is 12.7 Å². The Kier molecular flexibility index (Phi) is 6.40. The molecule has 0 N–H and O–H groups in total. The van der Waals surface area contributed by atoms with E-state index in [2.05, 4.69) is 4.90 Å². The van der Waals surface area contributed by atoms with Crippen molar-refractivity contribution in [2.45, 2.75) is 26.3 Å². The molecule has 0 bridgehead atoms. The van der Waals surface area contributed by atoms with Crippen LogP contribution in [0.4, 0.5) is 10.3 Å². The van der Waals surface area contributed by atoms with Crippen molar-refractivity contribution >= 4 is 11.9 Å². The van der Waals surface area contributed by atoms with E-state index in [0.717, 1.165) is 16.8 Å². The van der Waals surface area contributed by atoms with E-state index >= 15 is 0 Å². The molecule has 1 fully saturated rings. The van der Waals surface area contributed by atoms with Crippen molar-refractivity contribution in [3.05, 3.63) is 76.7 Å². The molecule has 0 radical (unpaired) electrons. The zero-order valence-electron chi connectivity index (χ0n) is 19.2. The Labute approximate surface area is 198 Å². The monoisotopic (exact) mass is 462 g/mol. The number of carbonyl (C=O) groups is 1. The topological polar surface area (TPSA) is 67.8 Å². The van der Waals surface area contributed by atoms with Crippen LogP contribution in [0.25, 0.3) is 0 Å². The van der Waals surface area contributed by atoms with Gasteiger partial charge < -0.3 is 19.3 Å². The van der Waals surface area contributed by atoms with Crippen molar-refractivity contribution < 1.29 is 18.7 Å². The predicted molar refractivity (Wildman–Crippen MR) is 126 cm³/mol. The average Bonchev–Trinajstić information content (AvgIpc) is 2.87. The average molecular weight is 463 g/mol. The third-order valence-electron chi connectivity index (χ3n) is 6.20. The van der Waals surface area contributed by atoms with Gasteiger partial charge in [0.1, 0.15) is 11.6 Å². The van der Waals surface area contributed by atoms with Crippen molar-refractivity contribution in [3.63, 3.8) is 0 Å². The van der Waals surface area contributed by atoms with E-state index in [1.165, 1.54) is 6.07 Å². The fourth-order valence-electron chi connectivity index (χ4n) is 4.25. The van der Waals surface area contributed by atoms with Gasteiger partial charge in [-0.25, -0.2) is 9.37 Å². The minimum absolute atomic E-state index is 0.0534. The summed E-state index contributed by atoms with van der Waals surface area (Å²) in [5.74, 6) is 1.27. The van der Waals surface area contributed by atoms with Gasteiger partial charge in [0.25, 0.3) is 0 Å². The van der Waals surface area contributed by atoms with Crippen molar-refractivity contribution in [1.82, 2.24) is 14.9 Å². The number of rotatable bonds is 5. The van der Waals surface area contributed by atoms with Gasteiger partial charge in [-0.1, -0.05) is 30.3 Å². The van der Waals surface area contributed by atoms with Crippen LogP contribution in [0.1, 0.15) is 22.4 Å². The number of benzene rings is 2. The lowest BCUT2D eigenvalue weighted by atomic mass is 10.0. The number of anilines is 1. The number of hydrogen-bond acceptors (Lipinski definition) is 6. The maximum atomic E-state index is 13.8. The van der Waals surface area contributed by atoms with Gasteiger partial charge in [0.15, 0.2) is 0 Å². The number of hydrogen-bond donors (Lipinski definition) is 0. The quantitative estimate of drug-likeness (QED) is 0.576. The molecule has 1 aromatic heterocycles. The van der Waals surface area contributed by atoms with Crippen LogP contribution in [0.15, 0.2) is 48.5 Å². The van der Waals surface area contributed by atoms with Gasteiger partial charge in [0, 0.05) is 26.1 Å². The number of amides is 1. The molecule has 0 aliphatic carbocycles. The molecular weight excluding hydrogens is 435 g/mol. The number of carbonyl (C=O) groups excluding carboxylic acids is 1. The van der Waals surface area contributed by atoms with E-state index < -0.39 is 0 Å². The molecule has 2 aromatic carbocycles. The summed E-state index contributed by atoms with van der Waals surface area (Å²) in [7, 11) is 0. The van der Waals surface area contributed by atoms with Crippen LogP contribution in [0.5, 0.6) is 11.6 Å². The highest BCUT2D eigenvalue weighted by molar-refractivity contribution is 5.79. The molecule has 2 aliphatic heterocycles. The number of aromatic nitrogens is 2. The first-order valence-electron chi connectivity index (χ1n) is 11.5. The number of aryl methyl sites for hydroxylation is 1. The molecular formula is C26H27FN4O3. The third kappa shape index (κ3) is 4.87. The first-order chi connectivity index (χ1) is 16.6. The zero-order chi connectivity index (χ0) is 23.5. The summed E-state index contributed by atoms with van der Waals surface area (Å²) in [6.07, 6.45) is 0.963. The number of halogens is 1. The number of ether oxygens (including phenoxy) is 2. The van der Waals surface area contributed by atoms with E-state index in [0.29, 0.717) is 75.4 Å². The molecule has 176 valence electrons. The number of fused-ring (bicyclic) bond motifs is 1. The Bertz CT molecular complexity index is 1180. The maximum absolute atomic E-state index is 13.8. The summed E-state index contributed by atoms with van der Waals surface area (Å²) in [6.45, 7) is 5.31. The Hall–Kier alpha value is -3.52. The lowest BCUT2D eigenvalue weighted by Gasteiger charge is -2.32. The van der Waals surface area contributed by atoms with E-state index in [1.807, 2.05) is 35.2 Å². The largest absolute Gasteiger partial charge is 0.438 e. The fraction of sp³-hybridized carbons (Fsp3) is 0.346. The zero-order valence-corrected chi connectivity index (χ0v) is 19.2. The smallest absolute Gasteiger partial charge is 0.229 e. The van der Waals surface area contributed by atoms with Gasteiger partial charge in [-0.3, -0.25) is 4.79 Å². The lowest BCUT2D eigenvalue weighted by molar-refractivity contribution is -0.131. The van der Waals surface area contributed by atoms with Gasteiger partial charge in [-0.15, -0.1) is 0 Å². The Morgan fingerprint density at radius 3 is 2.65 bits per heavy atom. The van der Waals surface area contributed by atoms with E-state index in [4.69, 9.17) is 19.4 Å². The SMILES string of the molecule is Cc1cc(Oc2nc(N3CCOCC3)nc3c2CN(C(=O)Cc2ccccc2)CC3)ccc1F. The fourth-order valence-corrected chi connectivity index (χ4v) is 4.25. The van der Waals surface area contributed by atoms with Crippen molar-refractivity contribution in [2.24, 2.45) is 0 Å². The van der Waals surface area contributed by atoms with Gasteiger partial charge in [-0.05, 0) is 36.2 Å². The molecule has 3 heterocycles. The molecule has 5 rings (SSSR count). The highest BCUT2D eigenvalue weighted by atomic mass is 19.1. The molecule has 0 atom stereocenters. The second-order valence-corrected chi connectivity index (χ2v) is 8.59. The van der Waals surface area contributed by atoms with Crippen molar-refractivity contribution in [3.8, 4) is 11.6 Å². The molecule has 7 nitrogen and oxygen atoms in total. The predicted octanol–water partition coefficient (Wildman–Crippen LogP) is 3.68.